The molecule has 2 atom stereocenters. The van der Waals surface area contributed by atoms with E-state index in [1.807, 2.05) is 0 Å². The highest BCUT2D eigenvalue weighted by Gasteiger charge is 2.34. The fraction of sp³-hybridized carbons (Fsp3) is 0.500. The van der Waals surface area contributed by atoms with Gasteiger partial charge in [-0.25, -0.2) is 8.42 Å². The van der Waals surface area contributed by atoms with Crippen LogP contribution >= 0.6 is 23.2 Å². The smallest absolute Gasteiger partial charge is 0.150 e. The van der Waals surface area contributed by atoms with Crippen LogP contribution in [0.25, 0.3) is 0 Å². The van der Waals surface area contributed by atoms with Crippen molar-refractivity contribution in [1.82, 2.24) is 0 Å². The molecule has 7 heteroatoms. The average Bonchev–Trinajstić information content (AvgIpc) is 2.71. The number of aliphatic hydroxyl groups excluding tert-OH is 1. The van der Waals surface area contributed by atoms with Crippen LogP contribution in [0.3, 0.4) is 0 Å². The van der Waals surface area contributed by atoms with Crippen molar-refractivity contribution in [2.75, 3.05) is 18.6 Å². The molecule has 1 heterocycles. The van der Waals surface area contributed by atoms with Gasteiger partial charge in [0.05, 0.1) is 34.8 Å². The zero-order chi connectivity index (χ0) is 14.2. The van der Waals surface area contributed by atoms with E-state index < -0.39 is 15.9 Å². The van der Waals surface area contributed by atoms with Gasteiger partial charge in [-0.05, 0) is 12.5 Å². The molecule has 19 heavy (non-hydrogen) atoms. The number of benzene rings is 1. The largest absolute Gasteiger partial charge is 0.495 e. The quantitative estimate of drug-likeness (QED) is 0.927. The Morgan fingerprint density at radius 1 is 1.37 bits per heavy atom. The molecule has 1 aliphatic heterocycles. The molecule has 1 fully saturated rings. The third kappa shape index (κ3) is 3.16. The van der Waals surface area contributed by atoms with Crippen LogP contribution in [0.1, 0.15) is 18.1 Å². The van der Waals surface area contributed by atoms with E-state index in [0.717, 1.165) is 0 Å². The molecule has 1 N–H and O–H groups in total. The van der Waals surface area contributed by atoms with E-state index in [1.54, 1.807) is 0 Å². The highest BCUT2D eigenvalue weighted by Crippen LogP contribution is 2.39. The summed E-state index contributed by atoms with van der Waals surface area (Å²) in [5.41, 5.74) is 0.439. The summed E-state index contributed by atoms with van der Waals surface area (Å²) < 4.78 is 27.9. The van der Waals surface area contributed by atoms with Crippen LogP contribution in [0.2, 0.25) is 10.0 Å². The summed E-state index contributed by atoms with van der Waals surface area (Å²) in [4.78, 5) is 0. The highest BCUT2D eigenvalue weighted by atomic mass is 35.5. The standard InChI is InChI=1S/C12H14Cl2O4S/c1-18-11-5-9(13)8(4-10(11)14)12(15)7-2-3-19(16,17)6-7/h4-5,7,12,15H,2-3,6H2,1H3. The van der Waals surface area contributed by atoms with E-state index in [9.17, 15) is 13.5 Å². The lowest BCUT2D eigenvalue weighted by Gasteiger charge is -2.19. The second kappa shape index (κ2) is 5.48. The Morgan fingerprint density at radius 2 is 2.05 bits per heavy atom. The molecule has 1 saturated heterocycles. The highest BCUT2D eigenvalue weighted by molar-refractivity contribution is 7.91. The summed E-state index contributed by atoms with van der Waals surface area (Å²) in [6, 6.07) is 3.05. The maximum absolute atomic E-state index is 11.4. The molecule has 4 nitrogen and oxygen atoms in total. The Balaban J connectivity index is 2.29. The first-order valence-electron chi connectivity index (χ1n) is 5.75. The van der Waals surface area contributed by atoms with Crippen LogP contribution in [0.15, 0.2) is 12.1 Å². The molecule has 2 rings (SSSR count). The van der Waals surface area contributed by atoms with Gasteiger partial charge in [0.25, 0.3) is 0 Å². The van der Waals surface area contributed by atoms with Crippen molar-refractivity contribution in [1.29, 1.82) is 0 Å². The van der Waals surface area contributed by atoms with Crippen molar-refractivity contribution in [3.8, 4) is 5.75 Å². The van der Waals surface area contributed by atoms with E-state index in [-0.39, 0.29) is 17.4 Å². The Bertz CT molecular complexity index is 586. The number of rotatable bonds is 3. The fourth-order valence-corrected chi connectivity index (χ4v) is 4.60. The molecule has 1 aromatic rings. The van der Waals surface area contributed by atoms with Gasteiger partial charge >= 0.3 is 0 Å². The normalized spacial score (nSPS) is 23.3. The molecular formula is C12H14Cl2O4S. The van der Waals surface area contributed by atoms with Crippen LogP contribution in [0.4, 0.5) is 0 Å². The molecule has 0 aromatic heterocycles. The van der Waals surface area contributed by atoms with E-state index in [0.29, 0.717) is 27.8 Å². The summed E-state index contributed by atoms with van der Waals surface area (Å²) in [5.74, 6) is 0.165. The maximum Gasteiger partial charge on any atom is 0.150 e. The van der Waals surface area contributed by atoms with Crippen LogP contribution in [-0.4, -0.2) is 32.1 Å². The van der Waals surface area contributed by atoms with Gasteiger partial charge in [-0.2, -0.15) is 0 Å². The van der Waals surface area contributed by atoms with E-state index >= 15 is 0 Å². The minimum absolute atomic E-state index is 0.0197. The first-order valence-corrected chi connectivity index (χ1v) is 8.33. The molecule has 106 valence electrons. The van der Waals surface area contributed by atoms with Gasteiger partial charge in [0.15, 0.2) is 9.84 Å². The minimum Gasteiger partial charge on any atom is -0.495 e. The second-order valence-corrected chi connectivity index (χ2v) is 7.66. The van der Waals surface area contributed by atoms with Crippen molar-refractivity contribution in [2.24, 2.45) is 5.92 Å². The van der Waals surface area contributed by atoms with E-state index in [4.69, 9.17) is 27.9 Å². The summed E-state index contributed by atoms with van der Waals surface area (Å²) in [7, 11) is -1.58. The average molecular weight is 325 g/mol. The number of sulfone groups is 1. The number of methoxy groups -OCH3 is 1. The van der Waals surface area contributed by atoms with Crippen LogP contribution in [-0.2, 0) is 9.84 Å². The topological polar surface area (TPSA) is 63.6 Å². The Hall–Kier alpha value is -0.490. The maximum atomic E-state index is 11.4. The van der Waals surface area contributed by atoms with Gasteiger partial charge in [-0.3, -0.25) is 0 Å². The first-order chi connectivity index (χ1) is 8.84. The molecule has 1 aromatic carbocycles. The second-order valence-electron chi connectivity index (χ2n) is 4.62. The molecule has 1 aliphatic rings. The molecule has 0 radical (unpaired) electrons. The Kier molecular flexibility index (Phi) is 4.30. The lowest BCUT2D eigenvalue weighted by Crippen LogP contribution is -2.14. The van der Waals surface area contributed by atoms with Crippen molar-refractivity contribution < 1.29 is 18.3 Å². The zero-order valence-electron chi connectivity index (χ0n) is 10.3. The zero-order valence-corrected chi connectivity index (χ0v) is 12.6. The van der Waals surface area contributed by atoms with E-state index in [1.165, 1.54) is 19.2 Å². The Labute approximate surface area is 122 Å². The summed E-state index contributed by atoms with van der Waals surface area (Å²) in [5, 5.41) is 10.9. The van der Waals surface area contributed by atoms with Gasteiger partial charge in [0.1, 0.15) is 5.75 Å². The molecule has 0 amide bonds. The predicted molar refractivity (Wildman–Crippen MR) is 74.7 cm³/mol. The summed E-state index contributed by atoms with van der Waals surface area (Å²) >= 11 is 12.1. The molecule has 0 spiro atoms. The van der Waals surface area contributed by atoms with Gasteiger partial charge in [0, 0.05) is 17.5 Å². The van der Waals surface area contributed by atoms with Gasteiger partial charge in [-0.15, -0.1) is 0 Å². The molecule has 0 bridgehead atoms. The summed E-state index contributed by atoms with van der Waals surface area (Å²) in [6.07, 6.45) is -0.503. The third-order valence-electron chi connectivity index (χ3n) is 3.30. The Morgan fingerprint density at radius 3 is 2.58 bits per heavy atom. The lowest BCUT2D eigenvalue weighted by atomic mass is 9.95. The van der Waals surface area contributed by atoms with Crippen molar-refractivity contribution in [3.63, 3.8) is 0 Å². The molecule has 2 unspecified atom stereocenters. The summed E-state index contributed by atoms with van der Waals surface area (Å²) in [6.45, 7) is 0. The predicted octanol–water partition coefficient (Wildman–Crippen LogP) is 2.47. The van der Waals surface area contributed by atoms with Crippen molar-refractivity contribution in [3.05, 3.63) is 27.7 Å². The number of hydrogen-bond acceptors (Lipinski definition) is 4. The number of halogens is 2. The molecular weight excluding hydrogens is 311 g/mol. The minimum atomic E-state index is -3.05. The number of ether oxygens (including phenoxy) is 1. The van der Waals surface area contributed by atoms with Crippen molar-refractivity contribution in [2.45, 2.75) is 12.5 Å². The SMILES string of the molecule is COc1cc(Cl)c(C(O)C2CCS(=O)(=O)C2)cc1Cl. The molecule has 0 saturated carbocycles. The van der Waals surface area contributed by atoms with E-state index in [2.05, 4.69) is 0 Å². The number of hydrogen-bond donors (Lipinski definition) is 1. The monoisotopic (exact) mass is 324 g/mol. The van der Waals surface area contributed by atoms with Gasteiger partial charge in [0.2, 0.25) is 0 Å². The number of aliphatic hydroxyl groups is 1. The van der Waals surface area contributed by atoms with Crippen LogP contribution in [0.5, 0.6) is 5.75 Å². The molecule has 0 aliphatic carbocycles. The fourth-order valence-electron chi connectivity index (χ4n) is 2.25. The third-order valence-corrected chi connectivity index (χ3v) is 5.72. The van der Waals surface area contributed by atoms with Crippen molar-refractivity contribution >= 4 is 33.0 Å². The van der Waals surface area contributed by atoms with Gasteiger partial charge < -0.3 is 9.84 Å². The first kappa shape index (κ1) is 14.9. The van der Waals surface area contributed by atoms with Gasteiger partial charge in [-0.1, -0.05) is 23.2 Å². The lowest BCUT2D eigenvalue weighted by molar-refractivity contribution is 0.121. The van der Waals surface area contributed by atoms with Crippen LogP contribution in [0, 0.1) is 5.92 Å². The van der Waals surface area contributed by atoms with Crippen LogP contribution < -0.4 is 4.74 Å².